The number of benzene rings is 1. The molecule has 9 heteroatoms. The Morgan fingerprint density at radius 2 is 1.89 bits per heavy atom. The molecule has 0 amide bonds. The van der Waals surface area contributed by atoms with Crippen LogP contribution < -0.4 is 5.32 Å². The number of rotatable bonds is 1. The van der Waals surface area contributed by atoms with Crippen molar-refractivity contribution in [3.63, 3.8) is 0 Å². The van der Waals surface area contributed by atoms with Gasteiger partial charge in [-0.2, -0.15) is 18.2 Å². The molecule has 0 unspecified atom stereocenters. The zero-order valence-electron chi connectivity index (χ0n) is 14.6. The highest BCUT2D eigenvalue weighted by molar-refractivity contribution is 6.30. The number of carbonyl (C=O) groups is 1. The number of halogens is 4. The molecule has 0 fully saturated rings. The van der Waals surface area contributed by atoms with Crippen molar-refractivity contribution in [3.8, 4) is 0 Å². The van der Waals surface area contributed by atoms with Gasteiger partial charge in [-0.15, -0.1) is 5.10 Å². The van der Waals surface area contributed by atoms with E-state index in [0.717, 1.165) is 4.68 Å². The Kier molecular flexibility index (Phi) is 3.89. The number of hydrogen-bond acceptors (Lipinski definition) is 4. The van der Waals surface area contributed by atoms with E-state index in [1.807, 2.05) is 13.8 Å². The lowest BCUT2D eigenvalue weighted by Crippen LogP contribution is -2.36. The van der Waals surface area contributed by atoms with Crippen LogP contribution in [0.5, 0.6) is 0 Å². The van der Waals surface area contributed by atoms with Crippen LogP contribution in [0, 0.1) is 5.41 Å². The molecule has 1 N–H and O–H groups in total. The van der Waals surface area contributed by atoms with E-state index in [4.69, 9.17) is 11.6 Å². The fraction of sp³-hybridized carbons (Fsp3) is 0.389. The molecule has 142 valence electrons. The Morgan fingerprint density at radius 1 is 1.22 bits per heavy atom. The van der Waals surface area contributed by atoms with E-state index in [0.29, 0.717) is 34.7 Å². The second-order valence-electron chi connectivity index (χ2n) is 7.61. The first-order valence-electron chi connectivity index (χ1n) is 8.38. The molecule has 1 aromatic heterocycles. The number of allylic oxidation sites excluding steroid dienone is 2. The molecule has 2 heterocycles. The first-order valence-corrected chi connectivity index (χ1v) is 8.75. The van der Waals surface area contributed by atoms with E-state index in [-0.39, 0.29) is 17.1 Å². The maximum absolute atomic E-state index is 13.2. The van der Waals surface area contributed by atoms with Crippen molar-refractivity contribution < 1.29 is 18.0 Å². The lowest BCUT2D eigenvalue weighted by molar-refractivity contribution is -0.145. The largest absolute Gasteiger partial charge is 0.453 e. The van der Waals surface area contributed by atoms with Crippen LogP contribution >= 0.6 is 11.6 Å². The van der Waals surface area contributed by atoms with Gasteiger partial charge in [0.1, 0.15) is 6.04 Å². The van der Waals surface area contributed by atoms with Gasteiger partial charge in [0.25, 0.3) is 5.82 Å². The van der Waals surface area contributed by atoms with Gasteiger partial charge < -0.3 is 5.32 Å². The summed E-state index contributed by atoms with van der Waals surface area (Å²) < 4.78 is 40.6. The predicted molar refractivity (Wildman–Crippen MR) is 93.3 cm³/mol. The van der Waals surface area contributed by atoms with Crippen molar-refractivity contribution >= 4 is 23.3 Å². The minimum atomic E-state index is -4.68. The third-order valence-electron chi connectivity index (χ3n) is 4.77. The number of carbonyl (C=O) groups excluding carboxylic acids is 1. The smallest absolute Gasteiger partial charge is 0.328 e. The van der Waals surface area contributed by atoms with E-state index in [9.17, 15) is 18.0 Å². The van der Waals surface area contributed by atoms with Gasteiger partial charge in [-0.1, -0.05) is 37.6 Å². The zero-order valence-corrected chi connectivity index (χ0v) is 15.3. The van der Waals surface area contributed by atoms with E-state index < -0.39 is 18.0 Å². The number of anilines is 1. The molecule has 0 spiro atoms. The van der Waals surface area contributed by atoms with Crippen LogP contribution in [-0.4, -0.2) is 20.5 Å². The molecular weight excluding hydrogens is 381 g/mol. The number of alkyl halides is 3. The number of nitrogens with one attached hydrogen (secondary N) is 1. The summed E-state index contributed by atoms with van der Waals surface area (Å²) in [5, 5.41) is 7.07. The molecule has 27 heavy (non-hydrogen) atoms. The average Bonchev–Trinajstić information content (AvgIpc) is 2.96. The van der Waals surface area contributed by atoms with Crippen LogP contribution in [-0.2, 0) is 11.0 Å². The van der Waals surface area contributed by atoms with E-state index in [1.54, 1.807) is 24.3 Å². The summed E-state index contributed by atoms with van der Waals surface area (Å²) in [6.07, 6.45) is -3.83. The van der Waals surface area contributed by atoms with Crippen molar-refractivity contribution in [1.29, 1.82) is 0 Å². The molecule has 0 bridgehead atoms. The summed E-state index contributed by atoms with van der Waals surface area (Å²) in [6.45, 7) is 3.91. The second kappa shape index (κ2) is 5.82. The summed E-state index contributed by atoms with van der Waals surface area (Å²) in [5.41, 5.74) is 1.37. The Labute approximate surface area is 158 Å². The number of Topliss-reactive ketones (excluding diaryl/α,β-unsaturated/α-hetero) is 1. The number of nitrogens with zero attached hydrogens (tertiary/aromatic N) is 3. The number of hydrogen-bond donors (Lipinski definition) is 1. The van der Waals surface area contributed by atoms with E-state index in [2.05, 4.69) is 15.4 Å². The quantitative estimate of drug-likeness (QED) is 0.764. The van der Waals surface area contributed by atoms with Gasteiger partial charge in [-0.25, -0.2) is 4.68 Å². The summed E-state index contributed by atoms with van der Waals surface area (Å²) in [7, 11) is 0. The molecule has 1 aliphatic heterocycles. The van der Waals surface area contributed by atoms with Gasteiger partial charge in [-0.3, -0.25) is 4.79 Å². The lowest BCUT2D eigenvalue weighted by Gasteiger charge is -2.38. The fourth-order valence-corrected chi connectivity index (χ4v) is 3.81. The molecule has 2 aromatic rings. The molecule has 0 radical (unpaired) electrons. The van der Waals surface area contributed by atoms with Crippen molar-refractivity contribution in [2.24, 2.45) is 5.41 Å². The van der Waals surface area contributed by atoms with Crippen molar-refractivity contribution in [2.45, 2.75) is 38.9 Å². The zero-order chi connectivity index (χ0) is 19.6. The maximum atomic E-state index is 13.2. The van der Waals surface area contributed by atoms with Crippen molar-refractivity contribution in [2.75, 3.05) is 5.32 Å². The fourth-order valence-electron chi connectivity index (χ4n) is 3.68. The first-order chi connectivity index (χ1) is 12.5. The van der Waals surface area contributed by atoms with Gasteiger partial charge >= 0.3 is 6.18 Å². The SMILES string of the molecule is CC1(C)CC(=O)C2=C(C1)Nc1nc(C(F)(F)F)nn1[C@H]2c1ccc(Cl)cc1. The molecule has 2 aliphatic rings. The standard InChI is InChI=1S/C18H16ClF3N4O/c1-17(2)7-11-13(12(27)8-17)14(9-3-5-10(19)6-4-9)26-16(23-11)24-15(25-26)18(20,21)22/h3-6,14H,7-8H2,1-2H3,(H,23,24,25)/t14-/m0/s1. The minimum Gasteiger partial charge on any atom is -0.328 e. The third-order valence-corrected chi connectivity index (χ3v) is 5.02. The summed E-state index contributed by atoms with van der Waals surface area (Å²) in [6, 6.07) is 5.87. The molecular formula is C18H16ClF3N4O. The highest BCUT2D eigenvalue weighted by atomic mass is 35.5. The van der Waals surface area contributed by atoms with Crippen LogP contribution in [0.25, 0.3) is 0 Å². The Bertz CT molecular complexity index is 960. The minimum absolute atomic E-state index is 0.0217. The molecule has 4 rings (SSSR count). The van der Waals surface area contributed by atoms with Crippen LogP contribution in [0.1, 0.15) is 44.1 Å². The molecule has 5 nitrogen and oxygen atoms in total. The highest BCUT2D eigenvalue weighted by Crippen LogP contribution is 2.46. The predicted octanol–water partition coefficient (Wildman–Crippen LogP) is 4.61. The molecule has 1 aliphatic carbocycles. The Balaban J connectivity index is 1.91. The summed E-state index contributed by atoms with van der Waals surface area (Å²) >= 11 is 5.94. The van der Waals surface area contributed by atoms with Gasteiger partial charge in [0.2, 0.25) is 5.95 Å². The topological polar surface area (TPSA) is 59.8 Å². The summed E-state index contributed by atoms with van der Waals surface area (Å²) in [4.78, 5) is 16.5. The Morgan fingerprint density at radius 3 is 2.52 bits per heavy atom. The molecule has 0 saturated carbocycles. The normalized spacial score (nSPS) is 21.6. The van der Waals surface area contributed by atoms with Gasteiger partial charge in [0.15, 0.2) is 5.78 Å². The number of ketones is 1. The summed E-state index contributed by atoms with van der Waals surface area (Å²) in [5.74, 6) is -1.37. The highest BCUT2D eigenvalue weighted by Gasteiger charge is 2.44. The lowest BCUT2D eigenvalue weighted by atomic mass is 9.73. The first kappa shape index (κ1) is 18.0. The van der Waals surface area contributed by atoms with Crippen molar-refractivity contribution in [3.05, 3.63) is 51.9 Å². The van der Waals surface area contributed by atoms with Crippen LogP contribution in [0.3, 0.4) is 0 Å². The monoisotopic (exact) mass is 396 g/mol. The van der Waals surface area contributed by atoms with Gasteiger partial charge in [0.05, 0.1) is 0 Å². The molecule has 1 atom stereocenters. The third kappa shape index (κ3) is 3.12. The van der Waals surface area contributed by atoms with Gasteiger partial charge in [-0.05, 0) is 29.5 Å². The number of fused-ring (bicyclic) bond motifs is 1. The molecule has 1 aromatic carbocycles. The van der Waals surface area contributed by atoms with E-state index in [1.165, 1.54) is 0 Å². The van der Waals surface area contributed by atoms with E-state index >= 15 is 0 Å². The van der Waals surface area contributed by atoms with Crippen LogP contribution in [0.2, 0.25) is 5.02 Å². The van der Waals surface area contributed by atoms with Gasteiger partial charge in [0, 0.05) is 22.7 Å². The van der Waals surface area contributed by atoms with Crippen LogP contribution in [0.4, 0.5) is 19.1 Å². The Hall–Kier alpha value is -2.35. The number of aromatic nitrogens is 3. The van der Waals surface area contributed by atoms with Crippen molar-refractivity contribution in [1.82, 2.24) is 14.8 Å². The maximum Gasteiger partial charge on any atom is 0.453 e. The second-order valence-corrected chi connectivity index (χ2v) is 8.05. The molecule has 0 saturated heterocycles. The average molecular weight is 397 g/mol. The van der Waals surface area contributed by atoms with Crippen LogP contribution in [0.15, 0.2) is 35.5 Å².